The van der Waals surface area contributed by atoms with Crippen molar-refractivity contribution in [2.45, 2.75) is 32.7 Å². The lowest BCUT2D eigenvalue weighted by Gasteiger charge is -2.31. The molecule has 2 aromatic carbocycles. The molecule has 0 saturated carbocycles. The van der Waals surface area contributed by atoms with Crippen LogP contribution < -0.4 is 10.1 Å². The van der Waals surface area contributed by atoms with Gasteiger partial charge < -0.3 is 19.7 Å². The molecule has 0 aliphatic carbocycles. The summed E-state index contributed by atoms with van der Waals surface area (Å²) in [6.07, 6.45) is 3.57. The minimum absolute atomic E-state index is 0.755. The molecule has 0 radical (unpaired) electrons. The van der Waals surface area contributed by atoms with Crippen LogP contribution in [0.1, 0.15) is 30.9 Å². The fourth-order valence-electron chi connectivity index (χ4n) is 3.63. The molecule has 3 rings (SSSR count). The van der Waals surface area contributed by atoms with Crippen molar-refractivity contribution in [3.8, 4) is 5.75 Å². The molecule has 1 fully saturated rings. The second kappa shape index (κ2) is 12.6. The third-order valence-corrected chi connectivity index (χ3v) is 5.99. The first-order chi connectivity index (χ1) is 15.2. The molecular weight excluding hydrogens is 406 g/mol. The quantitative estimate of drug-likeness (QED) is 0.545. The summed E-state index contributed by atoms with van der Waals surface area (Å²) in [4.78, 5) is 4.69. The standard InChI is InChI=1S/C25H35N3O2S/c1-3-4-5-21-6-10-23(11-7-21)26-25(31)28(15-14-27-16-18-30-19-17-27)20-22-8-12-24(29-2)13-9-22/h6-13H,3-5,14-20H2,1-2H3,(H,26,31). The maximum absolute atomic E-state index is 5.82. The molecule has 0 bridgehead atoms. The molecular formula is C25H35N3O2S. The number of benzene rings is 2. The highest BCUT2D eigenvalue weighted by Gasteiger charge is 2.15. The number of nitrogens with one attached hydrogen (secondary N) is 1. The van der Waals surface area contributed by atoms with Crippen LogP contribution in [0.25, 0.3) is 0 Å². The molecule has 168 valence electrons. The minimum atomic E-state index is 0.755. The van der Waals surface area contributed by atoms with Crippen molar-refractivity contribution in [3.63, 3.8) is 0 Å². The Bertz CT molecular complexity index is 789. The molecule has 0 atom stereocenters. The number of unbranched alkanes of at least 4 members (excludes halogenated alkanes) is 1. The molecule has 1 aliphatic rings. The Balaban J connectivity index is 1.63. The van der Waals surface area contributed by atoms with E-state index in [0.717, 1.165) is 68.9 Å². The molecule has 1 N–H and O–H groups in total. The summed E-state index contributed by atoms with van der Waals surface area (Å²) in [7, 11) is 1.69. The zero-order valence-electron chi connectivity index (χ0n) is 18.8. The normalized spacial score (nSPS) is 14.3. The number of hydrogen-bond donors (Lipinski definition) is 1. The van der Waals surface area contributed by atoms with Gasteiger partial charge in [0.1, 0.15) is 5.75 Å². The van der Waals surface area contributed by atoms with E-state index >= 15 is 0 Å². The van der Waals surface area contributed by atoms with Crippen molar-refractivity contribution in [2.75, 3.05) is 51.8 Å². The van der Waals surface area contributed by atoms with Gasteiger partial charge in [-0.25, -0.2) is 0 Å². The molecule has 0 spiro atoms. The number of rotatable bonds is 10. The van der Waals surface area contributed by atoms with E-state index in [1.807, 2.05) is 12.1 Å². The van der Waals surface area contributed by atoms with Gasteiger partial charge in [-0.15, -0.1) is 0 Å². The molecule has 5 nitrogen and oxygen atoms in total. The summed E-state index contributed by atoms with van der Waals surface area (Å²) in [6.45, 7) is 8.41. The van der Waals surface area contributed by atoms with Gasteiger partial charge in [-0.2, -0.15) is 0 Å². The average molecular weight is 442 g/mol. The van der Waals surface area contributed by atoms with Crippen molar-refractivity contribution in [2.24, 2.45) is 0 Å². The van der Waals surface area contributed by atoms with Crippen molar-refractivity contribution >= 4 is 23.0 Å². The van der Waals surface area contributed by atoms with Crippen LogP contribution in [0.15, 0.2) is 48.5 Å². The van der Waals surface area contributed by atoms with Crippen LogP contribution in [-0.2, 0) is 17.7 Å². The second-order valence-corrected chi connectivity index (χ2v) is 8.34. The fourth-order valence-corrected chi connectivity index (χ4v) is 3.90. The lowest BCUT2D eigenvalue weighted by atomic mass is 10.1. The van der Waals surface area contributed by atoms with E-state index in [-0.39, 0.29) is 0 Å². The Hall–Kier alpha value is -2.15. The first-order valence-corrected chi connectivity index (χ1v) is 11.7. The summed E-state index contributed by atoms with van der Waals surface area (Å²) < 4.78 is 10.8. The van der Waals surface area contributed by atoms with Crippen LogP contribution in [0.4, 0.5) is 5.69 Å². The number of ether oxygens (including phenoxy) is 2. The fraction of sp³-hybridized carbons (Fsp3) is 0.480. The second-order valence-electron chi connectivity index (χ2n) is 7.95. The topological polar surface area (TPSA) is 37.0 Å². The first-order valence-electron chi connectivity index (χ1n) is 11.3. The molecule has 1 saturated heterocycles. The Morgan fingerprint density at radius 3 is 2.39 bits per heavy atom. The van der Waals surface area contributed by atoms with Gasteiger partial charge >= 0.3 is 0 Å². The molecule has 31 heavy (non-hydrogen) atoms. The predicted molar refractivity (Wildman–Crippen MR) is 132 cm³/mol. The Kier molecular flexibility index (Phi) is 9.59. The molecule has 2 aromatic rings. The smallest absolute Gasteiger partial charge is 0.173 e. The Morgan fingerprint density at radius 1 is 1.06 bits per heavy atom. The number of thiocarbonyl (C=S) groups is 1. The Morgan fingerprint density at radius 2 is 1.74 bits per heavy atom. The number of anilines is 1. The molecule has 0 unspecified atom stereocenters. The molecule has 0 aromatic heterocycles. The van der Waals surface area contributed by atoms with Crippen LogP contribution in [0.5, 0.6) is 5.75 Å². The van der Waals surface area contributed by atoms with Gasteiger partial charge in [0, 0.05) is 38.4 Å². The van der Waals surface area contributed by atoms with E-state index in [9.17, 15) is 0 Å². The summed E-state index contributed by atoms with van der Waals surface area (Å²) in [5.41, 5.74) is 3.62. The molecule has 1 aliphatic heterocycles. The zero-order valence-corrected chi connectivity index (χ0v) is 19.6. The Labute approximate surface area is 192 Å². The van der Waals surface area contributed by atoms with Crippen LogP contribution in [0, 0.1) is 0 Å². The summed E-state index contributed by atoms with van der Waals surface area (Å²) >= 11 is 5.82. The van der Waals surface area contributed by atoms with Crippen molar-refractivity contribution in [1.82, 2.24) is 9.80 Å². The highest BCUT2D eigenvalue weighted by Crippen LogP contribution is 2.16. The van der Waals surface area contributed by atoms with Crippen molar-refractivity contribution in [1.29, 1.82) is 0 Å². The van der Waals surface area contributed by atoms with Crippen LogP contribution in [0.3, 0.4) is 0 Å². The van der Waals surface area contributed by atoms with Crippen molar-refractivity contribution < 1.29 is 9.47 Å². The van der Waals surface area contributed by atoms with Gasteiger partial charge in [-0.1, -0.05) is 37.6 Å². The van der Waals surface area contributed by atoms with E-state index in [1.165, 1.54) is 24.0 Å². The van der Waals surface area contributed by atoms with Gasteiger partial charge in [-0.3, -0.25) is 4.90 Å². The van der Waals surface area contributed by atoms with Gasteiger partial charge in [0.2, 0.25) is 0 Å². The first kappa shape index (κ1) is 23.5. The SMILES string of the molecule is CCCCc1ccc(NC(=S)N(CCN2CCOCC2)Cc2ccc(OC)cc2)cc1. The summed E-state index contributed by atoms with van der Waals surface area (Å²) in [6, 6.07) is 16.9. The van der Waals surface area contributed by atoms with Crippen LogP contribution in [0.2, 0.25) is 0 Å². The van der Waals surface area contributed by atoms with Gasteiger partial charge in [0.05, 0.1) is 20.3 Å². The summed E-state index contributed by atoms with van der Waals surface area (Å²) in [5.74, 6) is 0.868. The summed E-state index contributed by atoms with van der Waals surface area (Å²) in [5, 5.41) is 4.20. The minimum Gasteiger partial charge on any atom is -0.497 e. The van der Waals surface area contributed by atoms with E-state index in [2.05, 4.69) is 58.4 Å². The third-order valence-electron chi connectivity index (χ3n) is 5.63. The van der Waals surface area contributed by atoms with Crippen LogP contribution in [-0.4, -0.2) is 61.4 Å². The van der Waals surface area contributed by atoms with E-state index in [1.54, 1.807) is 7.11 Å². The predicted octanol–water partition coefficient (Wildman–Crippen LogP) is 4.57. The monoisotopic (exact) mass is 441 g/mol. The van der Waals surface area contributed by atoms with E-state index in [0.29, 0.717) is 0 Å². The molecule has 1 heterocycles. The van der Waals surface area contributed by atoms with Crippen LogP contribution >= 0.6 is 12.2 Å². The highest BCUT2D eigenvalue weighted by molar-refractivity contribution is 7.80. The number of nitrogens with zero attached hydrogens (tertiary/aromatic N) is 2. The largest absolute Gasteiger partial charge is 0.497 e. The lowest BCUT2D eigenvalue weighted by Crippen LogP contribution is -2.43. The van der Waals surface area contributed by atoms with Gasteiger partial charge in [0.15, 0.2) is 5.11 Å². The third kappa shape index (κ3) is 7.80. The highest BCUT2D eigenvalue weighted by atomic mass is 32.1. The number of hydrogen-bond acceptors (Lipinski definition) is 4. The number of aryl methyl sites for hydroxylation is 1. The number of morpholine rings is 1. The maximum Gasteiger partial charge on any atom is 0.173 e. The average Bonchev–Trinajstić information content (AvgIpc) is 2.82. The van der Waals surface area contributed by atoms with Crippen molar-refractivity contribution in [3.05, 3.63) is 59.7 Å². The van der Waals surface area contributed by atoms with Gasteiger partial charge in [-0.05, 0) is 60.5 Å². The molecule has 6 heteroatoms. The maximum atomic E-state index is 5.82. The van der Waals surface area contributed by atoms with Gasteiger partial charge in [0.25, 0.3) is 0 Å². The lowest BCUT2D eigenvalue weighted by molar-refractivity contribution is 0.0358. The van der Waals surface area contributed by atoms with E-state index in [4.69, 9.17) is 21.7 Å². The van der Waals surface area contributed by atoms with E-state index < -0.39 is 0 Å². The zero-order chi connectivity index (χ0) is 21.9. The number of methoxy groups -OCH3 is 1. The molecule has 0 amide bonds.